The Hall–Kier alpha value is -0.910. The van der Waals surface area contributed by atoms with Crippen LogP contribution in [0, 0.1) is 0 Å². The molecule has 1 aliphatic heterocycles. The van der Waals surface area contributed by atoms with Crippen LogP contribution in [0.4, 0.5) is 4.79 Å². The fourth-order valence-corrected chi connectivity index (χ4v) is 3.23. The molecule has 1 unspecified atom stereocenters. The van der Waals surface area contributed by atoms with Crippen LogP contribution in [0.15, 0.2) is 0 Å². The lowest BCUT2D eigenvalue weighted by Crippen LogP contribution is -2.48. The van der Waals surface area contributed by atoms with Crippen molar-refractivity contribution >= 4 is 23.8 Å². The van der Waals surface area contributed by atoms with Gasteiger partial charge in [-0.25, -0.2) is 9.59 Å². The van der Waals surface area contributed by atoms with Gasteiger partial charge in [0, 0.05) is 23.6 Å². The number of carboxylic acids is 1. The second-order valence-corrected chi connectivity index (χ2v) is 7.63. The molecule has 1 heterocycles. The van der Waals surface area contributed by atoms with E-state index in [1.807, 2.05) is 18.7 Å². The predicted octanol–water partition coefficient (Wildman–Crippen LogP) is 2.56. The van der Waals surface area contributed by atoms with E-state index >= 15 is 0 Å². The molecule has 2 N–H and O–H groups in total. The van der Waals surface area contributed by atoms with Crippen LogP contribution >= 0.6 is 11.8 Å². The van der Waals surface area contributed by atoms with E-state index in [1.54, 1.807) is 4.90 Å². The van der Waals surface area contributed by atoms with Gasteiger partial charge in [0.15, 0.2) is 0 Å². The number of rotatable bonds is 5. The Morgan fingerprint density at radius 1 is 1.40 bits per heavy atom. The highest BCUT2D eigenvalue weighted by atomic mass is 32.2. The Morgan fingerprint density at radius 3 is 2.70 bits per heavy atom. The van der Waals surface area contributed by atoms with Gasteiger partial charge in [-0.1, -0.05) is 33.6 Å². The van der Waals surface area contributed by atoms with Crippen LogP contribution in [0.3, 0.4) is 0 Å². The van der Waals surface area contributed by atoms with Gasteiger partial charge >= 0.3 is 12.0 Å². The summed E-state index contributed by atoms with van der Waals surface area (Å²) in [4.78, 5) is 25.1. The van der Waals surface area contributed by atoms with Crippen molar-refractivity contribution in [3.63, 3.8) is 0 Å². The van der Waals surface area contributed by atoms with E-state index in [9.17, 15) is 9.59 Å². The van der Waals surface area contributed by atoms with Crippen LogP contribution in [0.5, 0.6) is 0 Å². The number of carboxylic acid groups (broad SMARTS) is 1. The third-order valence-corrected chi connectivity index (χ3v) is 4.94. The van der Waals surface area contributed by atoms with E-state index in [2.05, 4.69) is 19.2 Å². The van der Waals surface area contributed by atoms with Crippen LogP contribution in [-0.2, 0) is 4.79 Å². The molecule has 0 aromatic rings. The maximum atomic E-state index is 12.2. The molecule has 0 radical (unpaired) electrons. The minimum absolute atomic E-state index is 0.184. The second kappa shape index (κ2) is 7.76. The molecule has 0 aromatic carbocycles. The molecule has 116 valence electrons. The summed E-state index contributed by atoms with van der Waals surface area (Å²) < 4.78 is 0.184. The smallest absolute Gasteiger partial charge is 0.326 e. The Bertz CT molecular complexity index is 347. The number of unbranched alkanes of at least 4 members (excludes halogenated alkanes) is 1. The standard InChI is InChI=1S/C14H26N2O3S/c1-4-5-6-11(12(17)18)15-13(19)16-8-7-14(2,3)20-10-9-16/h11H,4-10H2,1-3H3,(H,15,19)(H,17,18). The summed E-state index contributed by atoms with van der Waals surface area (Å²) in [6.07, 6.45) is 3.15. The number of nitrogens with one attached hydrogen (secondary N) is 1. The molecule has 6 heteroatoms. The average Bonchev–Trinajstić information content (AvgIpc) is 2.55. The molecule has 0 spiro atoms. The highest BCUT2D eigenvalue weighted by Crippen LogP contribution is 2.30. The molecule has 1 atom stereocenters. The van der Waals surface area contributed by atoms with Gasteiger partial charge < -0.3 is 15.3 Å². The van der Waals surface area contributed by atoms with Gasteiger partial charge in [0.25, 0.3) is 0 Å². The zero-order chi connectivity index (χ0) is 15.2. The molecule has 2 amide bonds. The second-order valence-electron chi connectivity index (χ2n) is 5.83. The first-order valence-corrected chi connectivity index (χ1v) is 8.26. The van der Waals surface area contributed by atoms with E-state index in [1.165, 1.54) is 0 Å². The first-order chi connectivity index (χ1) is 9.35. The highest BCUT2D eigenvalue weighted by molar-refractivity contribution is 8.00. The predicted molar refractivity (Wildman–Crippen MR) is 82.2 cm³/mol. The summed E-state index contributed by atoms with van der Waals surface area (Å²) in [5.74, 6) is -0.0519. The molecule has 1 saturated heterocycles. The quantitative estimate of drug-likeness (QED) is 0.819. The van der Waals surface area contributed by atoms with Crippen molar-refractivity contribution in [3.05, 3.63) is 0 Å². The number of amides is 2. The molecule has 20 heavy (non-hydrogen) atoms. The van der Waals surface area contributed by atoms with Crippen LogP contribution in [-0.4, -0.2) is 51.6 Å². The zero-order valence-electron chi connectivity index (χ0n) is 12.6. The Morgan fingerprint density at radius 2 is 2.10 bits per heavy atom. The maximum absolute atomic E-state index is 12.2. The van der Waals surface area contributed by atoms with Gasteiger partial charge in [-0.3, -0.25) is 0 Å². The maximum Gasteiger partial charge on any atom is 0.326 e. The Labute approximate surface area is 125 Å². The Kier molecular flexibility index (Phi) is 6.65. The molecule has 1 rings (SSSR count). The van der Waals surface area contributed by atoms with Gasteiger partial charge in [0.1, 0.15) is 6.04 Å². The SMILES string of the molecule is CCCCC(NC(=O)N1CCSC(C)(C)CC1)C(=O)O. The summed E-state index contributed by atoms with van der Waals surface area (Å²) in [6.45, 7) is 7.74. The number of thioether (sulfide) groups is 1. The average molecular weight is 302 g/mol. The first-order valence-electron chi connectivity index (χ1n) is 7.28. The summed E-state index contributed by atoms with van der Waals surface area (Å²) in [7, 11) is 0. The van der Waals surface area contributed by atoms with Crippen molar-refractivity contribution in [3.8, 4) is 0 Å². The minimum atomic E-state index is -0.948. The topological polar surface area (TPSA) is 69.6 Å². The van der Waals surface area contributed by atoms with E-state index in [4.69, 9.17) is 5.11 Å². The molecular formula is C14H26N2O3S. The van der Waals surface area contributed by atoms with E-state index in [-0.39, 0.29) is 10.8 Å². The van der Waals surface area contributed by atoms with Crippen LogP contribution in [0.2, 0.25) is 0 Å². The van der Waals surface area contributed by atoms with Gasteiger partial charge in [-0.2, -0.15) is 11.8 Å². The third-order valence-electron chi connectivity index (χ3n) is 3.57. The van der Waals surface area contributed by atoms with Crippen molar-refractivity contribution < 1.29 is 14.7 Å². The monoisotopic (exact) mass is 302 g/mol. The van der Waals surface area contributed by atoms with Crippen LogP contribution in [0.25, 0.3) is 0 Å². The normalized spacial score (nSPS) is 20.1. The lowest BCUT2D eigenvalue weighted by molar-refractivity contribution is -0.139. The van der Waals surface area contributed by atoms with Gasteiger partial charge in [0.2, 0.25) is 0 Å². The number of nitrogens with zero attached hydrogens (tertiary/aromatic N) is 1. The molecule has 0 aliphatic carbocycles. The van der Waals surface area contributed by atoms with Crippen molar-refractivity contribution in [2.75, 3.05) is 18.8 Å². The van der Waals surface area contributed by atoms with Gasteiger partial charge in [0.05, 0.1) is 0 Å². The largest absolute Gasteiger partial charge is 0.480 e. The Balaban J connectivity index is 2.53. The van der Waals surface area contributed by atoms with Crippen LogP contribution in [0.1, 0.15) is 46.5 Å². The molecular weight excluding hydrogens is 276 g/mol. The minimum Gasteiger partial charge on any atom is -0.480 e. The molecule has 1 aliphatic rings. The molecule has 5 nitrogen and oxygen atoms in total. The number of hydrogen-bond acceptors (Lipinski definition) is 3. The highest BCUT2D eigenvalue weighted by Gasteiger charge is 2.28. The fraction of sp³-hybridized carbons (Fsp3) is 0.857. The number of carbonyl (C=O) groups is 2. The van der Waals surface area contributed by atoms with Gasteiger partial charge in [-0.15, -0.1) is 0 Å². The first kappa shape index (κ1) is 17.1. The van der Waals surface area contributed by atoms with E-state index in [0.29, 0.717) is 19.5 Å². The van der Waals surface area contributed by atoms with Crippen molar-refractivity contribution in [1.29, 1.82) is 0 Å². The summed E-state index contributed by atoms with van der Waals surface area (Å²) in [5, 5.41) is 11.8. The fourth-order valence-electron chi connectivity index (χ4n) is 2.13. The number of aliphatic carboxylic acids is 1. The summed E-state index contributed by atoms with van der Waals surface area (Å²) in [5.41, 5.74) is 0. The van der Waals surface area contributed by atoms with Crippen molar-refractivity contribution in [2.24, 2.45) is 0 Å². The number of carbonyl (C=O) groups excluding carboxylic acids is 1. The van der Waals surface area contributed by atoms with E-state index in [0.717, 1.165) is 25.0 Å². The molecule has 0 bridgehead atoms. The third kappa shape index (κ3) is 5.61. The molecule has 0 aromatic heterocycles. The lowest BCUT2D eigenvalue weighted by Gasteiger charge is -2.24. The number of hydrogen-bond donors (Lipinski definition) is 2. The number of urea groups is 1. The van der Waals surface area contributed by atoms with E-state index < -0.39 is 12.0 Å². The van der Waals surface area contributed by atoms with Crippen molar-refractivity contribution in [2.45, 2.75) is 57.2 Å². The summed E-state index contributed by atoms with van der Waals surface area (Å²) >= 11 is 1.86. The molecule has 1 fully saturated rings. The lowest BCUT2D eigenvalue weighted by atomic mass is 10.1. The van der Waals surface area contributed by atoms with Gasteiger partial charge in [-0.05, 0) is 12.8 Å². The molecule has 0 saturated carbocycles. The zero-order valence-corrected chi connectivity index (χ0v) is 13.5. The summed E-state index contributed by atoms with van der Waals surface area (Å²) in [6, 6.07) is -1.02. The van der Waals surface area contributed by atoms with Crippen LogP contribution < -0.4 is 5.32 Å². The van der Waals surface area contributed by atoms with Crippen molar-refractivity contribution in [1.82, 2.24) is 10.2 Å².